The Morgan fingerprint density at radius 2 is 2.00 bits per heavy atom. The minimum atomic E-state index is -1.01. The van der Waals surface area contributed by atoms with E-state index in [4.69, 9.17) is 0 Å². The third kappa shape index (κ3) is 2.21. The number of hydrogen-bond acceptors (Lipinski definition) is 9. The Morgan fingerprint density at radius 1 is 1.35 bits per heavy atom. The number of esters is 1. The van der Waals surface area contributed by atoms with Crippen molar-refractivity contribution in [2.24, 2.45) is 0 Å². The third-order valence-corrected chi connectivity index (χ3v) is 2.93. The number of carbonyl (C=O) groups is 1. The number of fused-ring (bicyclic) bond motifs is 1. The highest BCUT2D eigenvalue weighted by atomic mass is 32.1. The molecule has 2 aromatic rings. The lowest BCUT2D eigenvalue weighted by Crippen LogP contribution is -2.07. The van der Waals surface area contributed by atoms with Gasteiger partial charge in [0.25, 0.3) is 5.75 Å². The fourth-order valence-electron chi connectivity index (χ4n) is 1.51. The molecule has 0 unspecified atom stereocenters. The number of ether oxygens (including phenoxy) is 1. The molecule has 2 rings (SSSR count). The molecular weight excluding hydrogens is 296 g/mol. The second-order valence-electron chi connectivity index (χ2n) is 3.46. The molecule has 104 valence electrons. The first-order valence-electron chi connectivity index (χ1n) is 4.89. The third-order valence-electron chi connectivity index (χ3n) is 2.16. The molecule has 0 fully saturated rings. The van der Waals surface area contributed by atoms with Gasteiger partial charge in [0.05, 0.1) is 14.5 Å². The summed E-state index contributed by atoms with van der Waals surface area (Å²) < 4.78 is 9.08. The summed E-state index contributed by atoms with van der Waals surface area (Å²) in [6, 6.07) is 0.885. The van der Waals surface area contributed by atoms with Crippen molar-refractivity contribution in [2.45, 2.75) is 6.92 Å². The summed E-state index contributed by atoms with van der Waals surface area (Å²) in [5, 5.41) is 22.0. The van der Waals surface area contributed by atoms with Crippen molar-refractivity contribution in [2.75, 3.05) is 0 Å². The first kappa shape index (κ1) is 13.6. The van der Waals surface area contributed by atoms with Crippen LogP contribution in [0.25, 0.3) is 10.3 Å². The predicted octanol–water partition coefficient (Wildman–Crippen LogP) is 1.60. The van der Waals surface area contributed by atoms with E-state index in [2.05, 4.69) is 9.15 Å². The maximum Gasteiger partial charge on any atom is 0.396 e. The smallest absolute Gasteiger partial charge is 0.396 e. The topological polar surface area (TPSA) is 143 Å². The van der Waals surface area contributed by atoms with E-state index >= 15 is 0 Å². The summed E-state index contributed by atoms with van der Waals surface area (Å²) in [4.78, 5) is 41.2. The molecule has 0 atom stereocenters. The van der Waals surface area contributed by atoms with Crippen molar-refractivity contribution in [1.29, 1.82) is 0 Å². The second-order valence-corrected chi connectivity index (χ2v) is 4.44. The molecule has 20 heavy (non-hydrogen) atoms. The molecule has 1 heterocycles. The molecule has 0 aliphatic heterocycles. The molecule has 0 spiro atoms. The maximum atomic E-state index is 11.1. The van der Waals surface area contributed by atoms with Crippen LogP contribution in [-0.4, -0.2) is 15.8 Å². The zero-order valence-corrected chi connectivity index (χ0v) is 10.5. The van der Waals surface area contributed by atoms with E-state index in [1.807, 2.05) is 0 Å². The minimum Gasteiger partial charge on any atom is -0.412 e. The van der Waals surface area contributed by atoms with Crippen LogP contribution in [0.15, 0.2) is 15.3 Å². The molecule has 0 radical (unpaired) electrons. The van der Waals surface area contributed by atoms with Gasteiger partial charge >= 0.3 is 22.3 Å². The van der Waals surface area contributed by atoms with Gasteiger partial charge in [-0.15, -0.1) is 0 Å². The molecule has 0 saturated carbocycles. The average Bonchev–Trinajstić information content (AvgIpc) is 2.66. The second kappa shape index (κ2) is 4.70. The highest BCUT2D eigenvalue weighted by Crippen LogP contribution is 2.43. The van der Waals surface area contributed by atoms with E-state index in [0.29, 0.717) is 11.3 Å². The Hall–Kier alpha value is -2.82. The Kier molecular flexibility index (Phi) is 3.19. The van der Waals surface area contributed by atoms with E-state index in [-0.39, 0.29) is 4.70 Å². The van der Waals surface area contributed by atoms with Crippen LogP contribution in [0.3, 0.4) is 0 Å². The van der Waals surface area contributed by atoms with Gasteiger partial charge in [-0.3, -0.25) is 25.0 Å². The number of nitro groups is 2. The Bertz CT molecular complexity index is 804. The van der Waals surface area contributed by atoms with Crippen molar-refractivity contribution < 1.29 is 23.8 Å². The standard InChI is InChI=1S/C9H4N2O8S/c1-3(12)18-7-4(10(14)15)2-5-8(6(7)11(16)17)19-9(13)20-5/h2H,1H3. The van der Waals surface area contributed by atoms with Crippen LogP contribution in [0.1, 0.15) is 6.92 Å². The highest BCUT2D eigenvalue weighted by Gasteiger charge is 2.34. The van der Waals surface area contributed by atoms with Gasteiger partial charge in [-0.05, 0) is 0 Å². The lowest BCUT2D eigenvalue weighted by Gasteiger charge is -2.03. The summed E-state index contributed by atoms with van der Waals surface area (Å²) in [5.41, 5.74) is -2.19. The van der Waals surface area contributed by atoms with E-state index in [1.54, 1.807) is 0 Å². The largest absolute Gasteiger partial charge is 0.412 e. The summed E-state index contributed by atoms with van der Waals surface area (Å²) >= 11 is 0.471. The van der Waals surface area contributed by atoms with Crippen molar-refractivity contribution in [3.05, 3.63) is 36.0 Å². The number of benzene rings is 1. The number of nitro benzene ring substituents is 2. The Balaban J connectivity index is 2.95. The van der Waals surface area contributed by atoms with Crippen LogP contribution in [0.2, 0.25) is 0 Å². The first-order valence-corrected chi connectivity index (χ1v) is 5.70. The SMILES string of the molecule is CC(=O)Oc1c([N+](=O)[O-])cc2sc(=O)oc2c1[N+](=O)[O-]. The average molecular weight is 300 g/mol. The van der Waals surface area contributed by atoms with Crippen LogP contribution >= 0.6 is 11.3 Å². The zero-order chi connectivity index (χ0) is 15.0. The van der Waals surface area contributed by atoms with Gasteiger partial charge < -0.3 is 9.15 Å². The number of carbonyl (C=O) groups excluding carboxylic acids is 1. The number of hydrogen-bond donors (Lipinski definition) is 0. The quantitative estimate of drug-likeness (QED) is 0.360. The van der Waals surface area contributed by atoms with Crippen LogP contribution in [0.5, 0.6) is 5.75 Å². The Morgan fingerprint density at radius 3 is 2.50 bits per heavy atom. The normalized spacial score (nSPS) is 10.4. The van der Waals surface area contributed by atoms with Gasteiger partial charge in [-0.1, -0.05) is 11.3 Å². The molecule has 1 aromatic heterocycles. The van der Waals surface area contributed by atoms with Crippen molar-refractivity contribution >= 4 is 39.0 Å². The number of rotatable bonds is 3. The summed E-state index contributed by atoms with van der Waals surface area (Å²) in [5.74, 6) is -1.84. The van der Waals surface area contributed by atoms with E-state index < -0.39 is 43.5 Å². The Labute approximate surface area is 112 Å². The minimum absolute atomic E-state index is 0.0793. The van der Waals surface area contributed by atoms with Gasteiger partial charge in [0.15, 0.2) is 0 Å². The molecule has 0 aliphatic rings. The van der Waals surface area contributed by atoms with Crippen molar-refractivity contribution in [3.63, 3.8) is 0 Å². The van der Waals surface area contributed by atoms with Gasteiger partial charge in [-0.25, -0.2) is 4.79 Å². The van der Waals surface area contributed by atoms with Gasteiger partial charge in [0, 0.05) is 13.0 Å². The molecule has 0 bridgehead atoms. The van der Waals surface area contributed by atoms with Crippen LogP contribution in [0.4, 0.5) is 11.4 Å². The monoisotopic (exact) mass is 300 g/mol. The van der Waals surface area contributed by atoms with Crippen LogP contribution in [-0.2, 0) is 4.79 Å². The van der Waals surface area contributed by atoms with E-state index in [0.717, 1.165) is 13.0 Å². The van der Waals surface area contributed by atoms with Gasteiger partial charge in [0.2, 0.25) is 5.58 Å². The molecule has 0 amide bonds. The molecular formula is C9H4N2O8S. The first-order chi connectivity index (χ1) is 9.31. The summed E-state index contributed by atoms with van der Waals surface area (Å²) in [6.07, 6.45) is 0. The fourth-order valence-corrected chi connectivity index (χ4v) is 2.22. The van der Waals surface area contributed by atoms with Crippen LogP contribution < -0.4 is 9.68 Å². The molecule has 1 aromatic carbocycles. The molecule has 0 aliphatic carbocycles. The number of nitrogens with zero attached hydrogens (tertiary/aromatic N) is 2. The van der Waals surface area contributed by atoms with Crippen molar-refractivity contribution in [1.82, 2.24) is 0 Å². The fraction of sp³-hybridized carbons (Fsp3) is 0.111. The van der Waals surface area contributed by atoms with Gasteiger partial charge in [-0.2, -0.15) is 0 Å². The van der Waals surface area contributed by atoms with E-state index in [9.17, 15) is 29.8 Å². The molecule has 0 N–H and O–H groups in total. The predicted molar refractivity (Wildman–Crippen MR) is 65.0 cm³/mol. The summed E-state index contributed by atoms with van der Waals surface area (Å²) in [6.45, 7) is 0.932. The lowest BCUT2D eigenvalue weighted by molar-refractivity contribution is -0.394. The zero-order valence-electron chi connectivity index (χ0n) is 9.65. The van der Waals surface area contributed by atoms with E-state index in [1.165, 1.54) is 0 Å². The van der Waals surface area contributed by atoms with Crippen molar-refractivity contribution in [3.8, 4) is 5.75 Å². The molecule has 0 saturated heterocycles. The summed E-state index contributed by atoms with van der Waals surface area (Å²) in [7, 11) is 0. The molecule has 10 nitrogen and oxygen atoms in total. The van der Waals surface area contributed by atoms with Crippen LogP contribution in [0, 0.1) is 20.2 Å². The maximum absolute atomic E-state index is 11.1. The highest BCUT2D eigenvalue weighted by molar-refractivity contribution is 7.16. The van der Waals surface area contributed by atoms with Gasteiger partial charge in [0.1, 0.15) is 0 Å². The molecule has 11 heteroatoms. The lowest BCUT2D eigenvalue weighted by atomic mass is 10.2.